The minimum absolute atomic E-state index is 0.148. The molecule has 0 heterocycles. The summed E-state index contributed by atoms with van der Waals surface area (Å²) in [5.74, 6) is -1.40. The van der Waals surface area contributed by atoms with Gasteiger partial charge in [0.15, 0.2) is 0 Å². The smallest absolute Gasteiger partial charge is 0.326 e. The van der Waals surface area contributed by atoms with Crippen LogP contribution in [0.3, 0.4) is 0 Å². The van der Waals surface area contributed by atoms with Gasteiger partial charge < -0.3 is 15.2 Å². The van der Waals surface area contributed by atoms with Crippen LogP contribution in [-0.4, -0.2) is 29.6 Å². The van der Waals surface area contributed by atoms with Crippen molar-refractivity contribution < 1.29 is 23.8 Å². The summed E-state index contributed by atoms with van der Waals surface area (Å²) in [4.78, 5) is 22.7. The Morgan fingerprint density at radius 1 is 1.45 bits per heavy atom. The first-order valence-electron chi connectivity index (χ1n) is 7.04. The van der Waals surface area contributed by atoms with Gasteiger partial charge in [-0.3, -0.25) is 4.79 Å². The minimum atomic E-state index is -1.07. The number of hydrogen-bond acceptors (Lipinski definition) is 3. The Labute approximate surface area is 128 Å². The molecule has 0 radical (unpaired) electrons. The average Bonchev–Trinajstić information content (AvgIpc) is 2.47. The number of allylic oxidation sites excluding steroid dienone is 1. The topological polar surface area (TPSA) is 75.6 Å². The quantitative estimate of drug-likeness (QED) is 0.543. The molecule has 5 nitrogen and oxygen atoms in total. The third-order valence-electron chi connectivity index (χ3n) is 2.85. The van der Waals surface area contributed by atoms with Gasteiger partial charge in [0.2, 0.25) is 5.91 Å². The second kappa shape index (κ2) is 9.55. The van der Waals surface area contributed by atoms with Crippen molar-refractivity contribution in [3.63, 3.8) is 0 Å². The van der Waals surface area contributed by atoms with Gasteiger partial charge >= 0.3 is 5.97 Å². The van der Waals surface area contributed by atoms with E-state index in [2.05, 4.69) is 5.32 Å². The number of aliphatic carboxylic acids is 1. The molecule has 0 aliphatic rings. The SMILES string of the molecule is C/C=C/CC(NC(=O)CCCOc1cccc(F)c1)C(=O)O. The van der Waals surface area contributed by atoms with Crippen LogP contribution in [0.25, 0.3) is 0 Å². The van der Waals surface area contributed by atoms with Gasteiger partial charge in [0.1, 0.15) is 17.6 Å². The van der Waals surface area contributed by atoms with E-state index in [-0.39, 0.29) is 31.2 Å². The van der Waals surface area contributed by atoms with E-state index < -0.39 is 12.0 Å². The number of carboxylic acid groups (broad SMARTS) is 1. The number of carbonyl (C=O) groups is 2. The molecule has 0 saturated carbocycles. The molecule has 1 amide bonds. The minimum Gasteiger partial charge on any atom is -0.493 e. The Kier molecular flexibility index (Phi) is 7.67. The Balaban J connectivity index is 2.28. The molecule has 1 unspecified atom stereocenters. The Morgan fingerprint density at radius 3 is 2.86 bits per heavy atom. The van der Waals surface area contributed by atoms with Crippen LogP contribution in [0.5, 0.6) is 5.75 Å². The third kappa shape index (κ3) is 6.88. The number of nitrogens with one attached hydrogen (secondary N) is 1. The van der Waals surface area contributed by atoms with E-state index >= 15 is 0 Å². The lowest BCUT2D eigenvalue weighted by molar-refractivity contribution is -0.141. The molecular formula is C16H20FNO4. The molecule has 0 aliphatic heterocycles. The fraction of sp³-hybridized carbons (Fsp3) is 0.375. The molecule has 0 bridgehead atoms. The van der Waals surface area contributed by atoms with Crippen LogP contribution < -0.4 is 10.1 Å². The molecule has 2 N–H and O–H groups in total. The molecule has 0 saturated heterocycles. The lowest BCUT2D eigenvalue weighted by atomic mass is 10.2. The summed E-state index contributed by atoms with van der Waals surface area (Å²) in [7, 11) is 0. The zero-order valence-corrected chi connectivity index (χ0v) is 12.4. The van der Waals surface area contributed by atoms with Gasteiger partial charge in [-0.1, -0.05) is 18.2 Å². The van der Waals surface area contributed by atoms with Crippen LogP contribution >= 0.6 is 0 Å². The van der Waals surface area contributed by atoms with Crippen molar-refractivity contribution in [2.75, 3.05) is 6.61 Å². The highest BCUT2D eigenvalue weighted by molar-refractivity contribution is 5.83. The molecule has 22 heavy (non-hydrogen) atoms. The number of hydrogen-bond donors (Lipinski definition) is 2. The lowest BCUT2D eigenvalue weighted by Gasteiger charge is -2.12. The van der Waals surface area contributed by atoms with Gasteiger partial charge in [0.05, 0.1) is 6.61 Å². The molecule has 1 atom stereocenters. The molecular weight excluding hydrogens is 289 g/mol. The zero-order valence-electron chi connectivity index (χ0n) is 12.4. The van der Waals surface area contributed by atoms with Gasteiger partial charge in [0, 0.05) is 12.5 Å². The van der Waals surface area contributed by atoms with Gasteiger partial charge in [-0.2, -0.15) is 0 Å². The molecule has 1 aromatic rings. The first-order chi connectivity index (χ1) is 10.5. The van der Waals surface area contributed by atoms with E-state index in [1.54, 1.807) is 25.1 Å². The van der Waals surface area contributed by atoms with Crippen LogP contribution in [0.2, 0.25) is 0 Å². The molecule has 6 heteroatoms. The first kappa shape index (κ1) is 17.7. The highest BCUT2D eigenvalue weighted by atomic mass is 19.1. The molecule has 0 fully saturated rings. The maximum absolute atomic E-state index is 12.9. The first-order valence-corrected chi connectivity index (χ1v) is 7.04. The molecule has 0 aliphatic carbocycles. The van der Waals surface area contributed by atoms with E-state index in [1.807, 2.05) is 0 Å². The van der Waals surface area contributed by atoms with Crippen molar-refractivity contribution >= 4 is 11.9 Å². The maximum atomic E-state index is 12.9. The summed E-state index contributed by atoms with van der Waals surface area (Å²) < 4.78 is 18.2. The van der Waals surface area contributed by atoms with Crippen molar-refractivity contribution in [1.29, 1.82) is 0 Å². The predicted molar refractivity (Wildman–Crippen MR) is 80.1 cm³/mol. The third-order valence-corrected chi connectivity index (χ3v) is 2.85. The van der Waals surface area contributed by atoms with Crippen LogP contribution in [0.15, 0.2) is 36.4 Å². The summed E-state index contributed by atoms with van der Waals surface area (Å²) in [6, 6.07) is 4.82. The summed E-state index contributed by atoms with van der Waals surface area (Å²) in [6.07, 6.45) is 4.23. The number of amides is 1. The van der Waals surface area contributed by atoms with Crippen LogP contribution in [-0.2, 0) is 9.59 Å². The fourth-order valence-electron chi connectivity index (χ4n) is 1.74. The highest BCUT2D eigenvalue weighted by Gasteiger charge is 2.17. The van der Waals surface area contributed by atoms with Gasteiger partial charge in [-0.15, -0.1) is 0 Å². The van der Waals surface area contributed by atoms with Gasteiger partial charge in [-0.05, 0) is 31.9 Å². The lowest BCUT2D eigenvalue weighted by Crippen LogP contribution is -2.40. The molecule has 0 aromatic heterocycles. The highest BCUT2D eigenvalue weighted by Crippen LogP contribution is 2.12. The maximum Gasteiger partial charge on any atom is 0.326 e. The standard InChI is InChI=1S/C16H20FNO4/c1-2-3-8-14(16(20)21)18-15(19)9-5-10-22-13-7-4-6-12(17)11-13/h2-4,6-7,11,14H,5,8-10H2,1H3,(H,18,19)(H,20,21)/b3-2+. The number of rotatable bonds is 9. The Bertz CT molecular complexity index is 531. The summed E-state index contributed by atoms with van der Waals surface area (Å²) >= 11 is 0. The number of ether oxygens (including phenoxy) is 1. The van der Waals surface area contributed by atoms with Crippen LogP contribution in [0.1, 0.15) is 26.2 Å². The largest absolute Gasteiger partial charge is 0.493 e. The summed E-state index contributed by atoms with van der Waals surface area (Å²) in [6.45, 7) is 2.04. The summed E-state index contributed by atoms with van der Waals surface area (Å²) in [5, 5.41) is 11.4. The van der Waals surface area contributed by atoms with Crippen molar-refractivity contribution in [2.24, 2.45) is 0 Å². The Morgan fingerprint density at radius 2 is 2.23 bits per heavy atom. The second-order valence-electron chi connectivity index (χ2n) is 4.67. The van der Waals surface area contributed by atoms with Crippen molar-refractivity contribution in [2.45, 2.75) is 32.2 Å². The van der Waals surface area contributed by atoms with Crippen molar-refractivity contribution in [1.82, 2.24) is 5.32 Å². The van der Waals surface area contributed by atoms with Crippen molar-refractivity contribution in [3.8, 4) is 5.75 Å². The van der Waals surface area contributed by atoms with E-state index in [9.17, 15) is 14.0 Å². The molecule has 120 valence electrons. The van der Waals surface area contributed by atoms with Gasteiger partial charge in [0.25, 0.3) is 0 Å². The number of benzene rings is 1. The van der Waals surface area contributed by atoms with Crippen molar-refractivity contribution in [3.05, 3.63) is 42.2 Å². The number of carbonyl (C=O) groups excluding carboxylic acids is 1. The Hall–Kier alpha value is -2.37. The normalized spacial score (nSPS) is 12.1. The monoisotopic (exact) mass is 309 g/mol. The van der Waals surface area contributed by atoms with E-state index in [0.29, 0.717) is 12.2 Å². The molecule has 0 spiro atoms. The number of halogens is 1. The zero-order chi connectivity index (χ0) is 16.4. The molecule has 1 aromatic carbocycles. The van der Waals surface area contributed by atoms with E-state index in [4.69, 9.17) is 9.84 Å². The number of carboxylic acids is 1. The van der Waals surface area contributed by atoms with Gasteiger partial charge in [-0.25, -0.2) is 9.18 Å². The molecule has 1 rings (SSSR count). The van der Waals surface area contributed by atoms with Crippen LogP contribution in [0.4, 0.5) is 4.39 Å². The average molecular weight is 309 g/mol. The predicted octanol–water partition coefficient (Wildman–Crippen LogP) is 2.52. The van der Waals surface area contributed by atoms with E-state index in [1.165, 1.54) is 18.2 Å². The fourth-order valence-corrected chi connectivity index (χ4v) is 1.74. The second-order valence-corrected chi connectivity index (χ2v) is 4.67. The summed E-state index contributed by atoms with van der Waals surface area (Å²) in [5.41, 5.74) is 0. The van der Waals surface area contributed by atoms with E-state index in [0.717, 1.165) is 0 Å². The van der Waals surface area contributed by atoms with Crippen LogP contribution in [0, 0.1) is 5.82 Å².